The van der Waals surface area contributed by atoms with Gasteiger partial charge in [-0.1, -0.05) is 0 Å². The number of H-pyrrole nitrogens is 1. The molecule has 0 aromatic carbocycles. The van der Waals surface area contributed by atoms with E-state index in [1.807, 2.05) is 24.8 Å². The summed E-state index contributed by atoms with van der Waals surface area (Å²) >= 11 is 0. The first kappa shape index (κ1) is 17.4. The van der Waals surface area contributed by atoms with Crippen LogP contribution >= 0.6 is 0 Å². The second-order valence-electron chi connectivity index (χ2n) is 6.57. The number of aryl methyl sites for hydroxylation is 3. The lowest BCUT2D eigenvalue weighted by Crippen LogP contribution is -2.35. The van der Waals surface area contributed by atoms with Gasteiger partial charge in [-0.15, -0.1) is 0 Å². The molecule has 7 heteroatoms. The fourth-order valence-corrected chi connectivity index (χ4v) is 3.30. The van der Waals surface area contributed by atoms with Crippen molar-refractivity contribution in [2.75, 3.05) is 26.2 Å². The van der Waals surface area contributed by atoms with E-state index in [1.54, 1.807) is 13.0 Å². The van der Waals surface area contributed by atoms with Crippen molar-refractivity contribution >= 4 is 5.91 Å². The van der Waals surface area contributed by atoms with E-state index in [0.29, 0.717) is 30.2 Å². The average Bonchev–Trinajstić information content (AvgIpc) is 2.73. The number of aromatic amines is 1. The third-order valence-electron chi connectivity index (χ3n) is 4.45. The molecule has 0 bridgehead atoms. The Morgan fingerprint density at radius 3 is 2.68 bits per heavy atom. The molecule has 1 amide bonds. The summed E-state index contributed by atoms with van der Waals surface area (Å²) in [6, 6.07) is 3.35. The summed E-state index contributed by atoms with van der Waals surface area (Å²) in [7, 11) is 0. The zero-order valence-electron chi connectivity index (χ0n) is 15.0. The minimum atomic E-state index is -0.125. The molecule has 2 aromatic heterocycles. The van der Waals surface area contributed by atoms with E-state index in [1.165, 1.54) is 0 Å². The van der Waals surface area contributed by atoms with Gasteiger partial charge in [0.2, 0.25) is 0 Å². The average molecular weight is 344 g/mol. The minimum absolute atomic E-state index is 0.0290. The fourth-order valence-electron chi connectivity index (χ4n) is 3.30. The van der Waals surface area contributed by atoms with Crippen LogP contribution in [-0.2, 0) is 6.54 Å². The smallest absolute Gasteiger partial charge is 0.257 e. The molecule has 1 N–H and O–H groups in total. The van der Waals surface area contributed by atoms with E-state index < -0.39 is 0 Å². The number of rotatable bonds is 3. The Labute approximate surface area is 146 Å². The third-order valence-corrected chi connectivity index (χ3v) is 4.45. The number of aromatic nitrogens is 2. The molecule has 1 aliphatic heterocycles. The maximum absolute atomic E-state index is 12.7. The second-order valence-corrected chi connectivity index (χ2v) is 6.57. The zero-order valence-corrected chi connectivity index (χ0v) is 15.0. The van der Waals surface area contributed by atoms with E-state index in [9.17, 15) is 9.59 Å². The Balaban J connectivity index is 1.65. The summed E-state index contributed by atoms with van der Waals surface area (Å²) in [4.78, 5) is 35.5. The van der Waals surface area contributed by atoms with Crippen LogP contribution in [0.3, 0.4) is 0 Å². The Kier molecular flexibility index (Phi) is 5.03. The van der Waals surface area contributed by atoms with Gasteiger partial charge in [0.05, 0.1) is 11.3 Å². The number of nitrogens with one attached hydrogen (secondary N) is 1. The standard InChI is InChI=1S/C18H24N4O3/c1-12-9-16(13(2)25-12)18(24)22-6-4-5-21(7-8-22)11-15-10-17(23)20-14(3)19-15/h9-10H,4-8,11H2,1-3H3,(H,19,20,23). The number of hydrogen-bond donors (Lipinski definition) is 1. The number of furan rings is 1. The van der Waals surface area contributed by atoms with Gasteiger partial charge in [0.1, 0.15) is 17.3 Å². The van der Waals surface area contributed by atoms with E-state index in [-0.39, 0.29) is 11.5 Å². The first-order valence-electron chi connectivity index (χ1n) is 8.58. The number of carbonyl (C=O) groups is 1. The summed E-state index contributed by atoms with van der Waals surface area (Å²) in [5.74, 6) is 2.08. The molecule has 2 aromatic rings. The van der Waals surface area contributed by atoms with Crippen molar-refractivity contribution in [1.29, 1.82) is 0 Å². The van der Waals surface area contributed by atoms with Gasteiger partial charge >= 0.3 is 0 Å². The highest BCUT2D eigenvalue weighted by atomic mass is 16.3. The van der Waals surface area contributed by atoms with Gasteiger partial charge in [-0.25, -0.2) is 4.98 Å². The Hall–Kier alpha value is -2.41. The normalized spacial score (nSPS) is 16.0. The predicted octanol–water partition coefficient (Wildman–Crippen LogP) is 1.64. The lowest BCUT2D eigenvalue weighted by Gasteiger charge is -2.21. The van der Waals surface area contributed by atoms with Gasteiger partial charge in [0, 0.05) is 38.8 Å². The molecule has 1 fully saturated rings. The van der Waals surface area contributed by atoms with Crippen LogP contribution in [0, 0.1) is 20.8 Å². The van der Waals surface area contributed by atoms with Crippen LogP contribution in [0.15, 0.2) is 21.3 Å². The summed E-state index contributed by atoms with van der Waals surface area (Å²) in [5.41, 5.74) is 1.29. The van der Waals surface area contributed by atoms with Gasteiger partial charge in [0.15, 0.2) is 0 Å². The van der Waals surface area contributed by atoms with E-state index in [4.69, 9.17) is 4.42 Å². The molecule has 0 saturated carbocycles. The lowest BCUT2D eigenvalue weighted by atomic mass is 10.2. The van der Waals surface area contributed by atoms with Crippen molar-refractivity contribution in [3.63, 3.8) is 0 Å². The maximum Gasteiger partial charge on any atom is 0.257 e. The van der Waals surface area contributed by atoms with Gasteiger partial charge in [0.25, 0.3) is 11.5 Å². The Morgan fingerprint density at radius 2 is 2.00 bits per heavy atom. The topological polar surface area (TPSA) is 82.4 Å². The van der Waals surface area contributed by atoms with Crippen molar-refractivity contribution in [3.8, 4) is 0 Å². The van der Waals surface area contributed by atoms with Crippen molar-refractivity contribution < 1.29 is 9.21 Å². The predicted molar refractivity (Wildman–Crippen MR) is 93.6 cm³/mol. The van der Waals surface area contributed by atoms with E-state index in [0.717, 1.165) is 37.5 Å². The SMILES string of the molecule is Cc1nc(CN2CCCN(C(=O)c3cc(C)oc3C)CC2)cc(=O)[nH]1. The van der Waals surface area contributed by atoms with Crippen LogP contribution in [0.2, 0.25) is 0 Å². The molecule has 3 rings (SSSR count). The van der Waals surface area contributed by atoms with Gasteiger partial charge < -0.3 is 14.3 Å². The van der Waals surface area contributed by atoms with Crippen molar-refractivity contribution in [2.45, 2.75) is 33.7 Å². The number of amides is 1. The first-order chi connectivity index (χ1) is 11.9. The van der Waals surface area contributed by atoms with E-state index in [2.05, 4.69) is 14.9 Å². The third kappa shape index (κ3) is 4.17. The molecule has 1 saturated heterocycles. The minimum Gasteiger partial charge on any atom is -0.466 e. The summed E-state index contributed by atoms with van der Waals surface area (Å²) < 4.78 is 5.48. The molecule has 7 nitrogen and oxygen atoms in total. The highest BCUT2D eigenvalue weighted by Gasteiger charge is 2.23. The highest BCUT2D eigenvalue weighted by molar-refractivity contribution is 5.95. The van der Waals surface area contributed by atoms with Gasteiger partial charge in [-0.3, -0.25) is 14.5 Å². The molecule has 1 aliphatic rings. The Morgan fingerprint density at radius 1 is 1.20 bits per heavy atom. The van der Waals surface area contributed by atoms with Gasteiger partial charge in [-0.05, 0) is 33.3 Å². The second kappa shape index (κ2) is 7.23. The molecule has 0 radical (unpaired) electrons. The number of hydrogen-bond acceptors (Lipinski definition) is 5. The van der Waals surface area contributed by atoms with Crippen LogP contribution in [-0.4, -0.2) is 51.9 Å². The molecule has 25 heavy (non-hydrogen) atoms. The monoisotopic (exact) mass is 344 g/mol. The first-order valence-corrected chi connectivity index (χ1v) is 8.58. The summed E-state index contributed by atoms with van der Waals surface area (Å²) in [5, 5.41) is 0. The molecule has 134 valence electrons. The quantitative estimate of drug-likeness (QED) is 0.915. The molecular formula is C18H24N4O3. The fraction of sp³-hybridized carbons (Fsp3) is 0.500. The lowest BCUT2D eigenvalue weighted by molar-refractivity contribution is 0.0759. The molecular weight excluding hydrogens is 320 g/mol. The summed E-state index contributed by atoms with van der Waals surface area (Å²) in [6.45, 7) is 9.09. The summed E-state index contributed by atoms with van der Waals surface area (Å²) in [6.07, 6.45) is 0.893. The molecule has 0 unspecified atom stereocenters. The van der Waals surface area contributed by atoms with Crippen molar-refractivity contribution in [1.82, 2.24) is 19.8 Å². The molecule has 0 aliphatic carbocycles. The molecule has 0 atom stereocenters. The van der Waals surface area contributed by atoms with Crippen LogP contribution < -0.4 is 5.56 Å². The largest absolute Gasteiger partial charge is 0.466 e. The van der Waals surface area contributed by atoms with Gasteiger partial charge in [-0.2, -0.15) is 0 Å². The van der Waals surface area contributed by atoms with Crippen LogP contribution in [0.25, 0.3) is 0 Å². The Bertz CT molecular complexity index is 824. The number of carbonyl (C=O) groups excluding carboxylic acids is 1. The van der Waals surface area contributed by atoms with Crippen molar-refractivity contribution in [3.05, 3.63) is 51.1 Å². The zero-order chi connectivity index (χ0) is 18.0. The van der Waals surface area contributed by atoms with Crippen LogP contribution in [0.1, 0.15) is 39.8 Å². The maximum atomic E-state index is 12.7. The molecule has 0 spiro atoms. The van der Waals surface area contributed by atoms with E-state index >= 15 is 0 Å². The van der Waals surface area contributed by atoms with Crippen LogP contribution in [0.4, 0.5) is 0 Å². The van der Waals surface area contributed by atoms with Crippen molar-refractivity contribution in [2.24, 2.45) is 0 Å². The van der Waals surface area contributed by atoms with Crippen LogP contribution in [0.5, 0.6) is 0 Å². The molecule has 3 heterocycles. The highest BCUT2D eigenvalue weighted by Crippen LogP contribution is 2.17. The number of nitrogens with zero attached hydrogens (tertiary/aromatic N) is 3.